The molecule has 1 amide bonds. The van der Waals surface area contributed by atoms with Gasteiger partial charge in [-0.15, -0.1) is 0 Å². The van der Waals surface area contributed by atoms with E-state index in [1.165, 1.54) is 12.1 Å². The second kappa shape index (κ2) is 14.0. The van der Waals surface area contributed by atoms with E-state index in [0.29, 0.717) is 37.9 Å². The molecular formula is C27H37F4N3O. The van der Waals surface area contributed by atoms with Crippen LogP contribution >= 0.6 is 0 Å². The highest BCUT2D eigenvalue weighted by molar-refractivity contribution is 5.95. The van der Waals surface area contributed by atoms with Crippen LogP contribution in [0.5, 0.6) is 0 Å². The Morgan fingerprint density at radius 1 is 1.03 bits per heavy atom. The molecule has 0 aliphatic carbocycles. The SMILES string of the molecule is CCN(CC)c1cc(NCc2ccc(C(C)(F)F)cc2)ccc1NC(=O)CCCCCC(F)CF. The van der Waals surface area contributed by atoms with Crippen LogP contribution in [-0.4, -0.2) is 31.8 Å². The molecule has 35 heavy (non-hydrogen) atoms. The molecule has 194 valence electrons. The minimum Gasteiger partial charge on any atom is -0.381 e. The fourth-order valence-electron chi connectivity index (χ4n) is 3.81. The molecular weight excluding hydrogens is 458 g/mol. The highest BCUT2D eigenvalue weighted by Gasteiger charge is 2.23. The molecule has 0 saturated carbocycles. The van der Waals surface area contributed by atoms with Crippen LogP contribution in [0.4, 0.5) is 34.6 Å². The highest BCUT2D eigenvalue weighted by atomic mass is 19.3. The summed E-state index contributed by atoms with van der Waals surface area (Å²) in [7, 11) is 0. The first-order chi connectivity index (χ1) is 16.7. The first-order valence-corrected chi connectivity index (χ1v) is 12.3. The number of unbranched alkanes of at least 4 members (excludes halogenated alkanes) is 2. The lowest BCUT2D eigenvalue weighted by Gasteiger charge is -2.25. The van der Waals surface area contributed by atoms with Crippen molar-refractivity contribution in [3.05, 3.63) is 53.6 Å². The smallest absolute Gasteiger partial charge is 0.270 e. The molecule has 1 atom stereocenters. The van der Waals surface area contributed by atoms with Crippen molar-refractivity contribution in [3.63, 3.8) is 0 Å². The maximum absolute atomic E-state index is 13.4. The lowest BCUT2D eigenvalue weighted by atomic mass is 10.1. The van der Waals surface area contributed by atoms with E-state index in [1.807, 2.05) is 32.0 Å². The van der Waals surface area contributed by atoms with Crippen LogP contribution in [0.2, 0.25) is 0 Å². The molecule has 0 radical (unpaired) electrons. The summed E-state index contributed by atoms with van der Waals surface area (Å²) in [5, 5.41) is 6.30. The molecule has 0 aliphatic heterocycles. The third kappa shape index (κ3) is 9.42. The molecule has 2 N–H and O–H groups in total. The fourth-order valence-corrected chi connectivity index (χ4v) is 3.81. The Balaban J connectivity index is 2.00. The number of nitrogens with zero attached hydrogens (tertiary/aromatic N) is 1. The molecule has 0 saturated heterocycles. The number of amides is 1. The number of benzene rings is 2. The van der Waals surface area contributed by atoms with Gasteiger partial charge in [-0.1, -0.05) is 37.1 Å². The van der Waals surface area contributed by atoms with E-state index in [9.17, 15) is 22.4 Å². The van der Waals surface area contributed by atoms with Crippen LogP contribution in [0.15, 0.2) is 42.5 Å². The monoisotopic (exact) mass is 495 g/mol. The van der Waals surface area contributed by atoms with Gasteiger partial charge in [0.1, 0.15) is 12.8 Å². The molecule has 2 rings (SSSR count). The number of nitrogens with one attached hydrogen (secondary N) is 2. The summed E-state index contributed by atoms with van der Waals surface area (Å²) >= 11 is 0. The Kier molecular flexibility index (Phi) is 11.3. The fraction of sp³-hybridized carbons (Fsp3) is 0.519. The molecule has 1 unspecified atom stereocenters. The summed E-state index contributed by atoms with van der Waals surface area (Å²) in [6.45, 7) is 5.99. The van der Waals surface area contributed by atoms with E-state index in [-0.39, 0.29) is 17.9 Å². The molecule has 0 heterocycles. The summed E-state index contributed by atoms with van der Waals surface area (Å²) < 4.78 is 52.0. The zero-order chi connectivity index (χ0) is 25.8. The van der Waals surface area contributed by atoms with Crippen molar-refractivity contribution in [1.29, 1.82) is 0 Å². The quantitative estimate of drug-likeness (QED) is 0.199. The lowest BCUT2D eigenvalue weighted by molar-refractivity contribution is -0.116. The van der Waals surface area contributed by atoms with Crippen LogP contribution in [-0.2, 0) is 17.3 Å². The number of anilines is 3. The standard InChI is InChI=1S/C27H37F4N3O/c1-4-34(5-2)25-17-23(32-19-20-11-13-21(14-12-20)27(3,30)31)15-16-24(25)33-26(35)10-8-6-7-9-22(29)18-28/h11-17,22,32H,4-10,18-19H2,1-3H3,(H,33,35). The molecule has 8 heteroatoms. The van der Waals surface area contributed by atoms with Gasteiger partial charge in [0.25, 0.3) is 5.92 Å². The first kappa shape index (κ1) is 28.5. The van der Waals surface area contributed by atoms with Gasteiger partial charge in [-0.25, -0.2) is 17.6 Å². The minimum atomic E-state index is -2.86. The van der Waals surface area contributed by atoms with Gasteiger partial charge in [-0.05, 0) is 50.5 Å². The van der Waals surface area contributed by atoms with Gasteiger partial charge in [-0.3, -0.25) is 4.79 Å². The van der Waals surface area contributed by atoms with Gasteiger partial charge >= 0.3 is 0 Å². The van der Waals surface area contributed by atoms with Gasteiger partial charge in [0, 0.05) is 44.2 Å². The van der Waals surface area contributed by atoms with Gasteiger partial charge in [0.15, 0.2) is 0 Å². The molecule has 4 nitrogen and oxygen atoms in total. The lowest BCUT2D eigenvalue weighted by Crippen LogP contribution is -2.24. The first-order valence-electron chi connectivity index (χ1n) is 12.3. The largest absolute Gasteiger partial charge is 0.381 e. The number of carbonyl (C=O) groups excluding carboxylic acids is 1. The molecule has 0 aliphatic rings. The third-order valence-corrected chi connectivity index (χ3v) is 5.92. The van der Waals surface area contributed by atoms with Crippen molar-refractivity contribution >= 4 is 23.0 Å². The van der Waals surface area contributed by atoms with Crippen LogP contribution in [0.25, 0.3) is 0 Å². The number of alkyl halides is 4. The second-order valence-corrected chi connectivity index (χ2v) is 8.74. The predicted octanol–water partition coefficient (Wildman–Crippen LogP) is 7.45. The third-order valence-electron chi connectivity index (χ3n) is 5.92. The maximum Gasteiger partial charge on any atom is 0.270 e. The summed E-state index contributed by atoms with van der Waals surface area (Å²) in [6, 6.07) is 11.9. The number of halogens is 4. The van der Waals surface area contributed by atoms with Crippen molar-refractivity contribution in [2.24, 2.45) is 0 Å². The number of carbonyl (C=O) groups is 1. The Morgan fingerprint density at radius 3 is 2.31 bits per heavy atom. The topological polar surface area (TPSA) is 44.4 Å². The van der Waals surface area contributed by atoms with E-state index in [1.54, 1.807) is 12.1 Å². The van der Waals surface area contributed by atoms with E-state index >= 15 is 0 Å². The molecule has 2 aromatic rings. The maximum atomic E-state index is 13.4. The summed E-state index contributed by atoms with van der Waals surface area (Å²) in [5.74, 6) is -2.98. The normalized spacial score (nSPS) is 12.3. The Morgan fingerprint density at radius 2 is 1.71 bits per heavy atom. The summed E-state index contributed by atoms with van der Waals surface area (Å²) in [6.07, 6.45) is 0.954. The number of rotatable bonds is 15. The average Bonchev–Trinajstić information content (AvgIpc) is 2.84. The van der Waals surface area contributed by atoms with Crippen molar-refractivity contribution in [3.8, 4) is 0 Å². The van der Waals surface area contributed by atoms with Crippen LogP contribution in [0.1, 0.15) is 64.0 Å². The van der Waals surface area contributed by atoms with E-state index in [0.717, 1.165) is 37.0 Å². The van der Waals surface area contributed by atoms with E-state index in [2.05, 4.69) is 15.5 Å². The van der Waals surface area contributed by atoms with Crippen LogP contribution in [0.3, 0.4) is 0 Å². The number of hydrogen-bond acceptors (Lipinski definition) is 3. The van der Waals surface area contributed by atoms with Crippen LogP contribution < -0.4 is 15.5 Å². The molecule has 0 bridgehead atoms. The average molecular weight is 496 g/mol. The molecule has 0 aromatic heterocycles. The van der Waals surface area contributed by atoms with Gasteiger partial charge in [-0.2, -0.15) is 0 Å². The zero-order valence-corrected chi connectivity index (χ0v) is 20.9. The Labute approximate surface area is 206 Å². The van der Waals surface area contributed by atoms with Crippen molar-refractivity contribution in [1.82, 2.24) is 0 Å². The van der Waals surface area contributed by atoms with Gasteiger partial charge in [0.05, 0.1) is 11.4 Å². The zero-order valence-electron chi connectivity index (χ0n) is 20.9. The molecule has 2 aromatic carbocycles. The summed E-state index contributed by atoms with van der Waals surface area (Å²) in [5.41, 5.74) is 3.31. The van der Waals surface area contributed by atoms with Gasteiger partial charge in [0.2, 0.25) is 5.91 Å². The van der Waals surface area contributed by atoms with E-state index in [4.69, 9.17) is 0 Å². The number of hydrogen-bond donors (Lipinski definition) is 2. The Hall–Kier alpha value is -2.77. The molecule has 0 fully saturated rings. The van der Waals surface area contributed by atoms with Crippen molar-refractivity contribution in [2.45, 2.75) is 71.5 Å². The highest BCUT2D eigenvalue weighted by Crippen LogP contribution is 2.31. The van der Waals surface area contributed by atoms with E-state index < -0.39 is 18.8 Å². The Bertz CT molecular complexity index is 912. The minimum absolute atomic E-state index is 0.0171. The van der Waals surface area contributed by atoms with Crippen molar-refractivity contribution in [2.75, 3.05) is 35.3 Å². The van der Waals surface area contributed by atoms with Crippen LogP contribution in [0, 0.1) is 0 Å². The summed E-state index contributed by atoms with van der Waals surface area (Å²) in [4.78, 5) is 14.6. The molecule has 0 spiro atoms. The van der Waals surface area contributed by atoms with Gasteiger partial charge < -0.3 is 15.5 Å². The van der Waals surface area contributed by atoms with Crippen molar-refractivity contribution < 1.29 is 22.4 Å². The second-order valence-electron chi connectivity index (χ2n) is 8.74. The predicted molar refractivity (Wildman–Crippen MR) is 136 cm³/mol.